The molecule has 0 saturated carbocycles. The van der Waals surface area contributed by atoms with Gasteiger partial charge >= 0.3 is 0 Å². The maximum Gasteiger partial charge on any atom is 0.226 e. The molecular formula is C15H18N2O2S. The van der Waals surface area contributed by atoms with Gasteiger partial charge in [0.1, 0.15) is 17.4 Å². The quantitative estimate of drug-likeness (QED) is 0.890. The lowest BCUT2D eigenvalue weighted by Crippen LogP contribution is -2.31. The number of nitrogens with one attached hydrogen (secondary N) is 1. The molecule has 20 heavy (non-hydrogen) atoms. The first-order chi connectivity index (χ1) is 9.63. The minimum atomic E-state index is 0.000766. The molecule has 0 radical (unpaired) electrons. The number of benzene rings is 1. The third-order valence-corrected chi connectivity index (χ3v) is 3.37. The Morgan fingerprint density at radius 1 is 1.35 bits per heavy atom. The number of para-hydroxylation sites is 1. The monoisotopic (exact) mass is 290 g/mol. The summed E-state index contributed by atoms with van der Waals surface area (Å²) in [6.45, 7) is 4.32. The first-order valence-corrected chi connectivity index (χ1v) is 7.42. The molecule has 4 nitrogen and oxygen atoms in total. The fraction of sp³-hybridized carbons (Fsp3) is 0.333. The zero-order valence-corrected chi connectivity index (χ0v) is 12.4. The minimum absolute atomic E-state index is 0.000766. The van der Waals surface area contributed by atoms with Gasteiger partial charge in [-0.25, -0.2) is 4.98 Å². The molecule has 2 rings (SSSR count). The Labute approximate surface area is 122 Å². The highest BCUT2D eigenvalue weighted by molar-refractivity contribution is 7.09. The molecule has 0 bridgehead atoms. The molecule has 1 aromatic carbocycles. The number of nitrogens with zero attached hydrogens (tertiary/aromatic N) is 1. The molecule has 106 valence electrons. The first kappa shape index (κ1) is 14.5. The van der Waals surface area contributed by atoms with Crippen molar-refractivity contribution in [3.63, 3.8) is 0 Å². The molecule has 2 aromatic rings. The highest BCUT2D eigenvalue weighted by Gasteiger charge is 2.09. The number of aromatic nitrogens is 1. The molecule has 5 heteroatoms. The summed E-state index contributed by atoms with van der Waals surface area (Å²) in [5.74, 6) is 0.822. The highest BCUT2D eigenvalue weighted by Crippen LogP contribution is 2.15. The summed E-state index contributed by atoms with van der Waals surface area (Å²) in [7, 11) is 0. The Bertz CT molecular complexity index is 552. The van der Waals surface area contributed by atoms with Gasteiger partial charge in [0.2, 0.25) is 5.91 Å². The summed E-state index contributed by atoms with van der Waals surface area (Å²) in [5, 5.41) is 5.64. The van der Waals surface area contributed by atoms with Gasteiger partial charge in [0.15, 0.2) is 0 Å². The summed E-state index contributed by atoms with van der Waals surface area (Å²) in [6, 6.07) is 9.77. The fourth-order valence-corrected chi connectivity index (χ4v) is 2.40. The van der Waals surface area contributed by atoms with E-state index in [0.29, 0.717) is 13.0 Å². The molecular weight excluding hydrogens is 272 g/mol. The normalized spacial score (nSPS) is 10.6. The van der Waals surface area contributed by atoms with E-state index >= 15 is 0 Å². The van der Waals surface area contributed by atoms with Crippen molar-refractivity contribution in [2.45, 2.75) is 32.9 Å². The molecule has 0 aliphatic rings. The average Bonchev–Trinajstić information content (AvgIpc) is 2.84. The number of carbonyl (C=O) groups excluding carboxylic acids is 1. The van der Waals surface area contributed by atoms with Crippen LogP contribution in [0, 0.1) is 0 Å². The van der Waals surface area contributed by atoms with E-state index in [2.05, 4.69) is 10.3 Å². The highest BCUT2D eigenvalue weighted by atomic mass is 32.1. The number of amides is 1. The smallest absolute Gasteiger partial charge is 0.226 e. The number of rotatable bonds is 6. The van der Waals surface area contributed by atoms with Crippen LogP contribution in [0.25, 0.3) is 0 Å². The lowest BCUT2D eigenvalue weighted by atomic mass is 10.3. The summed E-state index contributed by atoms with van der Waals surface area (Å²) >= 11 is 1.51. The molecule has 0 spiro atoms. The average molecular weight is 290 g/mol. The Kier molecular flexibility index (Phi) is 5.12. The maximum atomic E-state index is 11.6. The topological polar surface area (TPSA) is 51.2 Å². The summed E-state index contributed by atoms with van der Waals surface area (Å²) < 4.78 is 5.62. The van der Waals surface area contributed by atoms with Crippen molar-refractivity contribution in [3.8, 4) is 5.75 Å². The molecule has 0 saturated heterocycles. The Hall–Kier alpha value is -1.88. The van der Waals surface area contributed by atoms with Crippen molar-refractivity contribution >= 4 is 17.2 Å². The molecule has 1 heterocycles. The van der Waals surface area contributed by atoms with Crippen LogP contribution in [0.3, 0.4) is 0 Å². The van der Waals surface area contributed by atoms with E-state index in [0.717, 1.165) is 16.5 Å². The van der Waals surface area contributed by atoms with E-state index in [1.54, 1.807) is 0 Å². The largest absolute Gasteiger partial charge is 0.486 e. The van der Waals surface area contributed by atoms with E-state index in [9.17, 15) is 4.79 Å². The SMILES string of the molecule is CC(C)NC(=O)Cc1csc(COc2ccccc2)n1. The van der Waals surface area contributed by atoms with Crippen LogP contribution in [0.2, 0.25) is 0 Å². The van der Waals surface area contributed by atoms with E-state index in [1.807, 2.05) is 49.6 Å². The van der Waals surface area contributed by atoms with Crippen LogP contribution < -0.4 is 10.1 Å². The van der Waals surface area contributed by atoms with Gasteiger partial charge < -0.3 is 10.1 Å². The van der Waals surface area contributed by atoms with Gasteiger partial charge in [0.05, 0.1) is 12.1 Å². The summed E-state index contributed by atoms with van der Waals surface area (Å²) in [5.41, 5.74) is 0.791. The van der Waals surface area contributed by atoms with Gasteiger partial charge in [0.25, 0.3) is 0 Å². The van der Waals surface area contributed by atoms with Gasteiger partial charge in [-0.2, -0.15) is 0 Å². The zero-order valence-electron chi connectivity index (χ0n) is 11.6. The molecule has 0 aliphatic carbocycles. The first-order valence-electron chi connectivity index (χ1n) is 6.54. The van der Waals surface area contributed by atoms with Gasteiger partial charge in [-0.1, -0.05) is 18.2 Å². The summed E-state index contributed by atoms with van der Waals surface area (Å²) in [4.78, 5) is 16.0. The second-order valence-corrected chi connectivity index (χ2v) is 5.68. The van der Waals surface area contributed by atoms with Crippen LogP contribution in [0.1, 0.15) is 24.5 Å². The lowest BCUT2D eigenvalue weighted by molar-refractivity contribution is -0.120. The molecule has 1 N–H and O–H groups in total. The lowest BCUT2D eigenvalue weighted by Gasteiger charge is -2.06. The van der Waals surface area contributed by atoms with E-state index < -0.39 is 0 Å². The Morgan fingerprint density at radius 2 is 2.10 bits per heavy atom. The van der Waals surface area contributed by atoms with Gasteiger partial charge in [0, 0.05) is 11.4 Å². The van der Waals surface area contributed by atoms with Crippen molar-refractivity contribution in [2.24, 2.45) is 0 Å². The number of carbonyl (C=O) groups is 1. The van der Waals surface area contributed by atoms with E-state index in [1.165, 1.54) is 11.3 Å². The van der Waals surface area contributed by atoms with E-state index in [-0.39, 0.29) is 11.9 Å². The zero-order chi connectivity index (χ0) is 14.4. The number of thiazole rings is 1. The molecule has 0 unspecified atom stereocenters. The summed E-state index contributed by atoms with van der Waals surface area (Å²) in [6.07, 6.45) is 0.319. The van der Waals surface area contributed by atoms with E-state index in [4.69, 9.17) is 4.74 Å². The minimum Gasteiger partial charge on any atom is -0.486 e. The fourth-order valence-electron chi connectivity index (χ4n) is 1.70. The van der Waals surface area contributed by atoms with Gasteiger partial charge in [-0.15, -0.1) is 11.3 Å². The number of hydrogen-bond donors (Lipinski definition) is 1. The van der Waals surface area contributed by atoms with Crippen molar-refractivity contribution in [2.75, 3.05) is 0 Å². The molecule has 0 aliphatic heterocycles. The predicted molar refractivity (Wildman–Crippen MR) is 79.9 cm³/mol. The van der Waals surface area contributed by atoms with Crippen molar-refractivity contribution in [1.82, 2.24) is 10.3 Å². The standard InChI is InChI=1S/C15H18N2O2S/c1-11(2)16-14(18)8-12-10-20-15(17-12)9-19-13-6-4-3-5-7-13/h3-7,10-11H,8-9H2,1-2H3,(H,16,18). The van der Waals surface area contributed by atoms with Crippen LogP contribution >= 0.6 is 11.3 Å². The number of ether oxygens (including phenoxy) is 1. The van der Waals surface area contributed by atoms with Crippen LogP contribution in [-0.4, -0.2) is 16.9 Å². The van der Waals surface area contributed by atoms with Crippen molar-refractivity contribution in [1.29, 1.82) is 0 Å². The Morgan fingerprint density at radius 3 is 2.80 bits per heavy atom. The second-order valence-electron chi connectivity index (χ2n) is 4.73. The molecule has 1 amide bonds. The van der Waals surface area contributed by atoms with Crippen LogP contribution in [0.5, 0.6) is 5.75 Å². The number of hydrogen-bond acceptors (Lipinski definition) is 4. The maximum absolute atomic E-state index is 11.6. The second kappa shape index (κ2) is 7.05. The van der Waals surface area contributed by atoms with Crippen molar-refractivity contribution < 1.29 is 9.53 Å². The van der Waals surface area contributed by atoms with Gasteiger partial charge in [-0.05, 0) is 26.0 Å². The van der Waals surface area contributed by atoms with Gasteiger partial charge in [-0.3, -0.25) is 4.79 Å². The third-order valence-electron chi connectivity index (χ3n) is 2.50. The molecule has 1 aromatic heterocycles. The Balaban J connectivity index is 1.84. The predicted octanol–water partition coefficient (Wildman–Crippen LogP) is 2.79. The van der Waals surface area contributed by atoms with Crippen LogP contribution in [0.4, 0.5) is 0 Å². The molecule has 0 atom stereocenters. The molecule has 0 fully saturated rings. The third kappa shape index (κ3) is 4.66. The van der Waals surface area contributed by atoms with Crippen molar-refractivity contribution in [3.05, 3.63) is 46.4 Å². The van der Waals surface area contributed by atoms with Crippen LogP contribution in [-0.2, 0) is 17.8 Å². The van der Waals surface area contributed by atoms with Crippen LogP contribution in [0.15, 0.2) is 35.7 Å².